The van der Waals surface area contributed by atoms with Crippen LogP contribution >= 0.6 is 0 Å². The van der Waals surface area contributed by atoms with Crippen molar-refractivity contribution in [2.24, 2.45) is 0 Å². The monoisotopic (exact) mass is 257 g/mol. The highest BCUT2D eigenvalue weighted by molar-refractivity contribution is 5.32. The van der Waals surface area contributed by atoms with Gasteiger partial charge in [0.15, 0.2) is 0 Å². The zero-order chi connectivity index (χ0) is 13.8. The number of hydrogen-bond acceptors (Lipinski definition) is 1. The summed E-state index contributed by atoms with van der Waals surface area (Å²) in [5, 5.41) is 3.29. The van der Waals surface area contributed by atoms with Gasteiger partial charge in [0.2, 0.25) is 0 Å². The molecule has 1 unspecified atom stereocenters. The molecule has 0 spiro atoms. The van der Waals surface area contributed by atoms with E-state index in [0.29, 0.717) is 0 Å². The molecule has 0 aromatic heterocycles. The van der Waals surface area contributed by atoms with Crippen molar-refractivity contribution in [1.29, 1.82) is 0 Å². The van der Waals surface area contributed by atoms with Gasteiger partial charge < -0.3 is 5.32 Å². The van der Waals surface area contributed by atoms with Crippen LogP contribution in [0.2, 0.25) is 0 Å². The number of hydrogen-bond donors (Lipinski definition) is 1. The van der Waals surface area contributed by atoms with E-state index in [9.17, 15) is 4.39 Å². The molecule has 0 aliphatic carbocycles. The molecule has 0 bridgehead atoms. The zero-order valence-electron chi connectivity index (χ0n) is 11.7. The van der Waals surface area contributed by atoms with Crippen molar-refractivity contribution < 1.29 is 4.39 Å². The Morgan fingerprint density at radius 3 is 2.58 bits per heavy atom. The van der Waals surface area contributed by atoms with Gasteiger partial charge in [-0.2, -0.15) is 0 Å². The number of benzene rings is 2. The smallest absolute Gasteiger partial charge is 0.123 e. The van der Waals surface area contributed by atoms with Gasteiger partial charge in [-0.25, -0.2) is 4.39 Å². The van der Waals surface area contributed by atoms with Crippen LogP contribution < -0.4 is 5.32 Å². The first-order valence-electron chi connectivity index (χ1n) is 6.59. The third-order valence-corrected chi connectivity index (χ3v) is 3.49. The van der Waals surface area contributed by atoms with Crippen molar-refractivity contribution in [3.63, 3.8) is 0 Å². The number of aryl methyl sites for hydroxylation is 2. The Labute approximate surface area is 114 Å². The van der Waals surface area contributed by atoms with Crippen molar-refractivity contribution >= 4 is 0 Å². The second-order valence-corrected chi connectivity index (χ2v) is 5.04. The van der Waals surface area contributed by atoms with Crippen molar-refractivity contribution in [1.82, 2.24) is 5.32 Å². The SMILES string of the molecule is CNC(Cc1cccc(C)c1)c1cc(F)ccc1C. The molecule has 1 atom stereocenters. The Hall–Kier alpha value is -1.67. The predicted molar refractivity (Wildman–Crippen MR) is 77.8 cm³/mol. The lowest BCUT2D eigenvalue weighted by Gasteiger charge is -2.19. The first-order chi connectivity index (χ1) is 9.10. The van der Waals surface area contributed by atoms with Crippen LogP contribution in [0, 0.1) is 19.7 Å². The lowest BCUT2D eigenvalue weighted by atomic mass is 9.95. The van der Waals surface area contributed by atoms with E-state index in [-0.39, 0.29) is 11.9 Å². The summed E-state index contributed by atoms with van der Waals surface area (Å²) in [6.07, 6.45) is 0.864. The van der Waals surface area contributed by atoms with Crippen LogP contribution in [0.4, 0.5) is 4.39 Å². The molecule has 0 aliphatic rings. The van der Waals surface area contributed by atoms with E-state index in [0.717, 1.165) is 17.5 Å². The summed E-state index contributed by atoms with van der Waals surface area (Å²) in [7, 11) is 1.92. The van der Waals surface area contributed by atoms with E-state index in [1.165, 1.54) is 17.2 Å². The molecule has 0 saturated heterocycles. The minimum Gasteiger partial charge on any atom is -0.313 e. The van der Waals surface area contributed by atoms with Gasteiger partial charge in [0.25, 0.3) is 0 Å². The van der Waals surface area contributed by atoms with E-state index < -0.39 is 0 Å². The van der Waals surface area contributed by atoms with E-state index in [2.05, 4.69) is 36.5 Å². The average molecular weight is 257 g/mol. The third kappa shape index (κ3) is 3.42. The molecule has 0 heterocycles. The van der Waals surface area contributed by atoms with E-state index in [4.69, 9.17) is 0 Å². The fraction of sp³-hybridized carbons (Fsp3) is 0.294. The summed E-state index contributed by atoms with van der Waals surface area (Å²) >= 11 is 0. The second kappa shape index (κ2) is 5.98. The zero-order valence-corrected chi connectivity index (χ0v) is 11.7. The fourth-order valence-corrected chi connectivity index (χ4v) is 2.43. The molecule has 19 heavy (non-hydrogen) atoms. The van der Waals surface area contributed by atoms with Crippen LogP contribution in [-0.4, -0.2) is 7.05 Å². The molecule has 0 saturated carbocycles. The highest BCUT2D eigenvalue weighted by atomic mass is 19.1. The van der Waals surface area contributed by atoms with Gasteiger partial charge in [0.1, 0.15) is 5.82 Å². The number of rotatable bonds is 4. The van der Waals surface area contributed by atoms with Gasteiger partial charge in [-0.1, -0.05) is 35.9 Å². The Kier molecular flexibility index (Phi) is 4.33. The molecule has 0 amide bonds. The molecule has 0 fully saturated rings. The summed E-state index contributed by atoms with van der Waals surface area (Å²) < 4.78 is 13.4. The molecule has 2 aromatic carbocycles. The second-order valence-electron chi connectivity index (χ2n) is 5.04. The minimum atomic E-state index is -0.176. The van der Waals surface area contributed by atoms with Crippen LogP contribution in [0.1, 0.15) is 28.3 Å². The Morgan fingerprint density at radius 2 is 1.89 bits per heavy atom. The van der Waals surface area contributed by atoms with Crippen LogP contribution in [0.3, 0.4) is 0 Å². The highest BCUT2D eigenvalue weighted by Gasteiger charge is 2.13. The van der Waals surface area contributed by atoms with Crippen LogP contribution in [0.15, 0.2) is 42.5 Å². The molecule has 2 heteroatoms. The number of likely N-dealkylation sites (N-methyl/N-ethyl adjacent to an activating group) is 1. The Bertz CT molecular complexity index is 563. The first-order valence-corrected chi connectivity index (χ1v) is 6.59. The van der Waals surface area contributed by atoms with Gasteiger partial charge in [0, 0.05) is 6.04 Å². The summed E-state index contributed by atoms with van der Waals surface area (Å²) in [6, 6.07) is 13.6. The van der Waals surface area contributed by atoms with Gasteiger partial charge in [0.05, 0.1) is 0 Å². The van der Waals surface area contributed by atoms with Gasteiger partial charge in [-0.15, -0.1) is 0 Å². The van der Waals surface area contributed by atoms with Crippen LogP contribution in [-0.2, 0) is 6.42 Å². The van der Waals surface area contributed by atoms with Gasteiger partial charge >= 0.3 is 0 Å². The van der Waals surface area contributed by atoms with E-state index in [1.54, 1.807) is 6.07 Å². The maximum atomic E-state index is 13.4. The first kappa shape index (κ1) is 13.8. The average Bonchev–Trinajstić information content (AvgIpc) is 2.39. The maximum absolute atomic E-state index is 13.4. The molecular formula is C17H20FN. The van der Waals surface area contributed by atoms with Crippen molar-refractivity contribution in [3.8, 4) is 0 Å². The lowest BCUT2D eigenvalue weighted by molar-refractivity contribution is 0.574. The largest absolute Gasteiger partial charge is 0.313 e. The maximum Gasteiger partial charge on any atom is 0.123 e. The molecule has 0 aliphatic heterocycles. The van der Waals surface area contributed by atoms with Crippen molar-refractivity contribution in [2.75, 3.05) is 7.05 Å². The summed E-state index contributed by atoms with van der Waals surface area (Å²) in [5.74, 6) is -0.176. The summed E-state index contributed by atoms with van der Waals surface area (Å²) in [4.78, 5) is 0. The standard InChI is InChI=1S/C17H20FN/c1-12-5-4-6-14(9-12)10-17(19-3)16-11-15(18)8-7-13(16)2/h4-9,11,17,19H,10H2,1-3H3. The molecule has 1 nitrogen and oxygen atoms in total. The quantitative estimate of drug-likeness (QED) is 0.874. The van der Waals surface area contributed by atoms with Crippen molar-refractivity contribution in [3.05, 3.63) is 70.5 Å². The Morgan fingerprint density at radius 1 is 1.11 bits per heavy atom. The number of halogens is 1. The normalized spacial score (nSPS) is 12.4. The molecule has 1 N–H and O–H groups in total. The predicted octanol–water partition coefficient (Wildman–Crippen LogP) is 3.95. The van der Waals surface area contributed by atoms with Gasteiger partial charge in [-0.05, 0) is 56.1 Å². The van der Waals surface area contributed by atoms with E-state index >= 15 is 0 Å². The van der Waals surface area contributed by atoms with Crippen LogP contribution in [0.5, 0.6) is 0 Å². The molecule has 0 radical (unpaired) electrons. The fourth-order valence-electron chi connectivity index (χ4n) is 2.43. The summed E-state index contributed by atoms with van der Waals surface area (Å²) in [5.41, 5.74) is 4.67. The summed E-state index contributed by atoms with van der Waals surface area (Å²) in [6.45, 7) is 4.11. The third-order valence-electron chi connectivity index (χ3n) is 3.49. The Balaban J connectivity index is 2.27. The molecule has 2 rings (SSSR count). The topological polar surface area (TPSA) is 12.0 Å². The minimum absolute atomic E-state index is 0.137. The molecule has 100 valence electrons. The lowest BCUT2D eigenvalue weighted by Crippen LogP contribution is -2.20. The van der Waals surface area contributed by atoms with E-state index in [1.807, 2.05) is 20.0 Å². The highest BCUT2D eigenvalue weighted by Crippen LogP contribution is 2.22. The van der Waals surface area contributed by atoms with Crippen molar-refractivity contribution in [2.45, 2.75) is 26.3 Å². The molecule has 2 aromatic rings. The van der Waals surface area contributed by atoms with Crippen LogP contribution in [0.25, 0.3) is 0 Å². The number of nitrogens with one attached hydrogen (secondary N) is 1. The molecular weight excluding hydrogens is 237 g/mol. The van der Waals surface area contributed by atoms with Gasteiger partial charge in [-0.3, -0.25) is 0 Å².